The number of nitrogens with two attached hydrogens (primary N) is 2. The Morgan fingerprint density at radius 1 is 0.962 bits per heavy atom. The van der Waals surface area contributed by atoms with Gasteiger partial charge in [0.15, 0.2) is 15.7 Å². The number of hydrogen-bond acceptors (Lipinski definition) is 10. The average Bonchev–Trinajstić information content (AvgIpc) is 3.04. The highest BCUT2D eigenvalue weighted by Gasteiger charge is 2.39. The van der Waals surface area contributed by atoms with Crippen molar-refractivity contribution in [2.75, 3.05) is 11.1 Å². The van der Waals surface area contributed by atoms with E-state index in [0.29, 0.717) is 17.5 Å². The van der Waals surface area contributed by atoms with Gasteiger partial charge in [0.2, 0.25) is 5.91 Å². The number of nitrogens with one attached hydrogen (secondary N) is 3. The number of aliphatic carboxylic acids is 2. The van der Waals surface area contributed by atoms with Crippen LogP contribution in [0.2, 0.25) is 0 Å². The fourth-order valence-corrected chi connectivity index (χ4v) is 5.33. The van der Waals surface area contributed by atoms with Crippen LogP contribution in [0.4, 0.5) is 37.8 Å². The van der Waals surface area contributed by atoms with E-state index >= 15 is 0 Å². The van der Waals surface area contributed by atoms with Crippen LogP contribution in [0.25, 0.3) is 11.3 Å². The molecule has 2 aromatic carbocycles. The minimum absolute atomic E-state index is 0.0358. The second-order valence-corrected chi connectivity index (χ2v) is 13.6. The van der Waals surface area contributed by atoms with Gasteiger partial charge in [-0.3, -0.25) is 19.6 Å². The first kappa shape index (κ1) is 45.4. The number of carbonyl (C=O) groups excluding carboxylic acids is 1. The Bertz CT molecular complexity index is 1930. The number of aromatic nitrogens is 2. The number of anilines is 2. The number of carboxylic acids is 2. The smallest absolute Gasteiger partial charge is 0.475 e. The van der Waals surface area contributed by atoms with Crippen LogP contribution in [0, 0.1) is 5.41 Å². The molecule has 0 fully saturated rings. The van der Waals surface area contributed by atoms with Crippen LogP contribution in [-0.4, -0.2) is 75.5 Å². The standard InChI is InChI=1S/C27H35N7O4S.2C2HF3O2/c1-5-17(4)39(37,38)22-11-20(10-21(28)12-22)23-14-32-26(33-16(2)3)27(36)34(23)15-24(35)31-13-18-6-8-19(9-7-18)25(29)30;2*3-2(4,5)1(6)7/h6-12,14,16-17H,5,13,15,28H2,1-4H3,(H3,29,30)(H,31,35)(H,32,33);2*(H,6,7). The quantitative estimate of drug-likeness (QED) is 0.0635. The molecule has 0 aliphatic heterocycles. The van der Waals surface area contributed by atoms with Gasteiger partial charge in [0, 0.05) is 29.4 Å². The second kappa shape index (κ2) is 18.7. The molecule has 1 amide bonds. The summed E-state index contributed by atoms with van der Waals surface area (Å²) < 4.78 is 90.8. The van der Waals surface area contributed by atoms with Gasteiger partial charge in [-0.1, -0.05) is 31.2 Å². The van der Waals surface area contributed by atoms with Crippen LogP contribution >= 0.6 is 0 Å². The lowest BCUT2D eigenvalue weighted by atomic mass is 10.1. The topological polar surface area (TPSA) is 261 Å². The minimum Gasteiger partial charge on any atom is -0.475 e. The van der Waals surface area contributed by atoms with E-state index in [9.17, 15) is 44.3 Å². The van der Waals surface area contributed by atoms with Crippen molar-refractivity contribution in [2.24, 2.45) is 5.73 Å². The molecule has 0 bridgehead atoms. The molecule has 53 heavy (non-hydrogen) atoms. The van der Waals surface area contributed by atoms with E-state index in [0.717, 1.165) is 5.56 Å². The fraction of sp³-hybridized carbons (Fsp3) is 0.355. The van der Waals surface area contributed by atoms with Crippen molar-refractivity contribution in [3.8, 4) is 11.3 Å². The van der Waals surface area contributed by atoms with Gasteiger partial charge in [0.05, 0.1) is 22.0 Å². The van der Waals surface area contributed by atoms with Gasteiger partial charge < -0.3 is 32.3 Å². The van der Waals surface area contributed by atoms with Gasteiger partial charge in [-0.2, -0.15) is 26.3 Å². The predicted molar refractivity (Wildman–Crippen MR) is 181 cm³/mol. The summed E-state index contributed by atoms with van der Waals surface area (Å²) in [5, 5.41) is 26.9. The molecule has 15 nitrogen and oxygen atoms in total. The lowest BCUT2D eigenvalue weighted by molar-refractivity contribution is -0.193. The molecular weight excluding hydrogens is 744 g/mol. The lowest BCUT2D eigenvalue weighted by Crippen LogP contribution is -2.35. The lowest BCUT2D eigenvalue weighted by Gasteiger charge is -2.18. The van der Waals surface area contributed by atoms with Gasteiger partial charge in [0.1, 0.15) is 12.4 Å². The minimum atomic E-state index is -5.08. The molecule has 0 aliphatic rings. The average molecular weight is 782 g/mol. The molecule has 0 saturated carbocycles. The van der Waals surface area contributed by atoms with Gasteiger partial charge in [-0.25, -0.2) is 23.0 Å². The second-order valence-electron chi connectivity index (χ2n) is 11.2. The number of sulfone groups is 1. The van der Waals surface area contributed by atoms with Crippen LogP contribution in [0.15, 0.2) is 58.4 Å². The zero-order chi connectivity index (χ0) is 41.1. The Labute approximate surface area is 298 Å². The normalized spacial score (nSPS) is 12.0. The summed E-state index contributed by atoms with van der Waals surface area (Å²) >= 11 is 0. The Morgan fingerprint density at radius 2 is 1.47 bits per heavy atom. The molecule has 3 aromatic rings. The van der Waals surface area contributed by atoms with E-state index in [-0.39, 0.29) is 47.1 Å². The third kappa shape index (κ3) is 14.1. The fourth-order valence-electron chi connectivity index (χ4n) is 3.84. The number of hydrogen-bond donors (Lipinski definition) is 7. The van der Waals surface area contributed by atoms with Gasteiger partial charge in [0.25, 0.3) is 5.56 Å². The number of nitrogen functional groups attached to an aromatic ring is 2. The maximum atomic E-state index is 13.4. The number of halogens is 6. The molecule has 0 radical (unpaired) electrons. The number of benzene rings is 2. The van der Waals surface area contributed by atoms with E-state index in [4.69, 9.17) is 36.7 Å². The van der Waals surface area contributed by atoms with Crippen LogP contribution < -0.4 is 27.7 Å². The SMILES string of the molecule is CCC(C)S(=O)(=O)c1cc(N)cc(-c2cnc(NC(C)C)c(=O)n2CC(=O)NCc2ccc(C(=N)N)cc2)c1.O=C(O)C(F)(F)F.O=C(O)C(F)(F)F. The van der Waals surface area contributed by atoms with Crippen molar-refractivity contribution in [1.82, 2.24) is 14.9 Å². The molecule has 292 valence electrons. The summed E-state index contributed by atoms with van der Waals surface area (Å²) in [6.07, 6.45) is -8.32. The van der Waals surface area contributed by atoms with E-state index in [1.165, 1.54) is 22.9 Å². The molecule has 1 atom stereocenters. The molecular formula is C31H37F6N7O8S. The summed E-state index contributed by atoms with van der Waals surface area (Å²) in [7, 11) is -3.66. The molecule has 1 unspecified atom stereocenters. The highest BCUT2D eigenvalue weighted by molar-refractivity contribution is 7.92. The Hall–Kier alpha value is -5.67. The number of amidine groups is 1. The molecule has 3 rings (SSSR count). The highest BCUT2D eigenvalue weighted by Crippen LogP contribution is 2.28. The van der Waals surface area contributed by atoms with Crippen LogP contribution in [0.5, 0.6) is 0 Å². The maximum absolute atomic E-state index is 13.4. The van der Waals surface area contributed by atoms with Crippen LogP contribution in [-0.2, 0) is 37.3 Å². The molecule has 22 heteroatoms. The highest BCUT2D eigenvalue weighted by atomic mass is 32.2. The number of amides is 1. The van der Waals surface area contributed by atoms with Crippen molar-refractivity contribution in [3.05, 3.63) is 70.1 Å². The third-order valence-electron chi connectivity index (χ3n) is 6.68. The number of carbonyl (C=O) groups is 3. The first-order chi connectivity index (χ1) is 24.2. The van der Waals surface area contributed by atoms with E-state index in [1.807, 2.05) is 13.8 Å². The van der Waals surface area contributed by atoms with E-state index in [2.05, 4.69) is 15.6 Å². The molecule has 1 aromatic heterocycles. The number of nitrogens with zero attached hydrogens (tertiary/aromatic N) is 2. The maximum Gasteiger partial charge on any atom is 0.490 e. The van der Waals surface area contributed by atoms with Gasteiger partial charge >= 0.3 is 24.3 Å². The third-order valence-corrected chi connectivity index (χ3v) is 8.96. The summed E-state index contributed by atoms with van der Waals surface area (Å²) in [6, 6.07) is 11.2. The first-order valence-electron chi connectivity index (χ1n) is 15.0. The summed E-state index contributed by atoms with van der Waals surface area (Å²) in [5.41, 5.74) is 13.2. The predicted octanol–water partition coefficient (Wildman–Crippen LogP) is 3.75. The molecule has 1 heterocycles. The van der Waals surface area contributed by atoms with Gasteiger partial charge in [-0.05, 0) is 51.0 Å². The number of carboxylic acid groups (broad SMARTS) is 2. The zero-order valence-corrected chi connectivity index (χ0v) is 29.3. The Kier molecular flexibility index (Phi) is 16.0. The Morgan fingerprint density at radius 3 is 1.91 bits per heavy atom. The first-order valence-corrected chi connectivity index (χ1v) is 16.6. The van der Waals surface area contributed by atoms with Crippen molar-refractivity contribution < 1.29 is 59.4 Å². The summed E-state index contributed by atoms with van der Waals surface area (Å²) in [6.45, 7) is 6.98. The number of alkyl halides is 6. The summed E-state index contributed by atoms with van der Waals surface area (Å²) in [5.74, 6) is -5.94. The van der Waals surface area contributed by atoms with Crippen molar-refractivity contribution >= 4 is 45.0 Å². The van der Waals surface area contributed by atoms with Crippen LogP contribution in [0.1, 0.15) is 45.2 Å². The van der Waals surface area contributed by atoms with Crippen molar-refractivity contribution in [2.45, 2.75) is 75.7 Å². The zero-order valence-electron chi connectivity index (χ0n) is 28.5. The van der Waals surface area contributed by atoms with E-state index < -0.39 is 50.8 Å². The number of rotatable bonds is 11. The molecule has 0 spiro atoms. The Balaban J connectivity index is 0.000000845. The van der Waals surface area contributed by atoms with Crippen LogP contribution in [0.3, 0.4) is 0 Å². The molecule has 0 saturated heterocycles. The molecule has 0 aliphatic carbocycles. The molecule has 9 N–H and O–H groups in total. The van der Waals surface area contributed by atoms with Crippen molar-refractivity contribution in [3.63, 3.8) is 0 Å². The van der Waals surface area contributed by atoms with Crippen molar-refractivity contribution in [1.29, 1.82) is 5.41 Å². The van der Waals surface area contributed by atoms with E-state index in [1.54, 1.807) is 44.2 Å². The van der Waals surface area contributed by atoms with Gasteiger partial charge in [-0.15, -0.1) is 0 Å². The summed E-state index contributed by atoms with van der Waals surface area (Å²) in [4.78, 5) is 48.5. The monoisotopic (exact) mass is 781 g/mol. The largest absolute Gasteiger partial charge is 0.490 e.